The molecule has 0 aliphatic rings. The number of rotatable bonds is 4. The van der Waals surface area contributed by atoms with Gasteiger partial charge in [-0.2, -0.15) is 4.98 Å². The SMILES string of the molecule is COc1ccnc(Sc2nnc(-c3cccs3)o2)n1. The maximum absolute atomic E-state index is 5.54. The Morgan fingerprint density at radius 1 is 1.32 bits per heavy atom. The average Bonchev–Trinajstić information content (AvgIpc) is 3.09. The van der Waals surface area contributed by atoms with E-state index >= 15 is 0 Å². The predicted molar refractivity (Wildman–Crippen MR) is 70.3 cm³/mol. The van der Waals surface area contributed by atoms with Crippen LogP contribution in [0, 0.1) is 0 Å². The molecule has 3 heterocycles. The van der Waals surface area contributed by atoms with Crippen molar-refractivity contribution in [3.8, 4) is 16.6 Å². The lowest BCUT2D eigenvalue weighted by molar-refractivity contribution is 0.392. The van der Waals surface area contributed by atoms with Crippen LogP contribution in [0.4, 0.5) is 0 Å². The highest BCUT2D eigenvalue weighted by Crippen LogP contribution is 2.29. The van der Waals surface area contributed by atoms with Gasteiger partial charge in [-0.25, -0.2) is 4.98 Å². The highest BCUT2D eigenvalue weighted by molar-refractivity contribution is 7.98. The van der Waals surface area contributed by atoms with Crippen LogP contribution >= 0.6 is 23.1 Å². The lowest BCUT2D eigenvalue weighted by Crippen LogP contribution is -1.90. The molecule has 0 atom stereocenters. The smallest absolute Gasteiger partial charge is 0.284 e. The highest BCUT2D eigenvalue weighted by atomic mass is 32.2. The Hall–Kier alpha value is -1.93. The Morgan fingerprint density at radius 2 is 2.26 bits per heavy atom. The zero-order valence-corrected chi connectivity index (χ0v) is 11.4. The summed E-state index contributed by atoms with van der Waals surface area (Å²) in [5.41, 5.74) is 0. The van der Waals surface area contributed by atoms with E-state index < -0.39 is 0 Å². The second kappa shape index (κ2) is 5.37. The van der Waals surface area contributed by atoms with E-state index in [2.05, 4.69) is 20.2 Å². The summed E-state index contributed by atoms with van der Waals surface area (Å²) >= 11 is 2.74. The van der Waals surface area contributed by atoms with Crippen molar-refractivity contribution in [2.24, 2.45) is 0 Å². The van der Waals surface area contributed by atoms with Crippen LogP contribution in [0.2, 0.25) is 0 Å². The van der Waals surface area contributed by atoms with Gasteiger partial charge in [0.25, 0.3) is 11.1 Å². The van der Waals surface area contributed by atoms with E-state index in [0.29, 0.717) is 22.1 Å². The molecule has 0 aromatic carbocycles. The first kappa shape index (κ1) is 12.1. The van der Waals surface area contributed by atoms with Gasteiger partial charge in [-0.05, 0) is 11.4 Å². The summed E-state index contributed by atoms with van der Waals surface area (Å²) in [5.74, 6) is 0.996. The van der Waals surface area contributed by atoms with Gasteiger partial charge in [0, 0.05) is 24.0 Å². The molecule has 0 fully saturated rings. The molecule has 0 bridgehead atoms. The van der Waals surface area contributed by atoms with Crippen molar-refractivity contribution in [2.75, 3.05) is 7.11 Å². The van der Waals surface area contributed by atoms with E-state index in [1.54, 1.807) is 30.7 Å². The molecular formula is C11H8N4O2S2. The van der Waals surface area contributed by atoms with Crippen molar-refractivity contribution in [1.82, 2.24) is 20.2 Å². The zero-order valence-electron chi connectivity index (χ0n) is 9.81. The van der Waals surface area contributed by atoms with Crippen LogP contribution in [-0.2, 0) is 0 Å². The maximum atomic E-state index is 5.54. The first-order valence-corrected chi connectivity index (χ1v) is 6.97. The van der Waals surface area contributed by atoms with Crippen LogP contribution in [0.25, 0.3) is 10.8 Å². The Labute approximate surface area is 116 Å². The first-order valence-electron chi connectivity index (χ1n) is 5.27. The van der Waals surface area contributed by atoms with Crippen LogP contribution in [0.5, 0.6) is 5.88 Å². The Bertz CT molecular complexity index is 669. The minimum Gasteiger partial charge on any atom is -0.481 e. The monoisotopic (exact) mass is 292 g/mol. The number of methoxy groups -OCH3 is 1. The van der Waals surface area contributed by atoms with E-state index in [1.165, 1.54) is 11.8 Å². The topological polar surface area (TPSA) is 73.9 Å². The lowest BCUT2D eigenvalue weighted by Gasteiger charge is -1.98. The quantitative estimate of drug-likeness (QED) is 0.684. The molecule has 0 unspecified atom stereocenters. The third kappa shape index (κ3) is 2.74. The molecule has 0 spiro atoms. The lowest BCUT2D eigenvalue weighted by atomic mass is 10.5. The summed E-state index contributed by atoms with van der Waals surface area (Å²) in [4.78, 5) is 9.20. The molecule has 0 saturated heterocycles. The van der Waals surface area contributed by atoms with Crippen molar-refractivity contribution in [1.29, 1.82) is 0 Å². The van der Waals surface area contributed by atoms with Crippen LogP contribution in [0.3, 0.4) is 0 Å². The molecule has 0 aliphatic heterocycles. The predicted octanol–water partition coefficient (Wildman–Crippen LogP) is 2.75. The van der Waals surface area contributed by atoms with E-state index in [0.717, 1.165) is 4.88 Å². The van der Waals surface area contributed by atoms with Gasteiger partial charge in [0.1, 0.15) is 0 Å². The molecule has 19 heavy (non-hydrogen) atoms. The molecule has 3 rings (SSSR count). The molecule has 8 heteroatoms. The summed E-state index contributed by atoms with van der Waals surface area (Å²) in [6.45, 7) is 0. The fourth-order valence-corrected chi connectivity index (χ4v) is 2.57. The van der Waals surface area contributed by atoms with Gasteiger partial charge in [-0.15, -0.1) is 21.5 Å². The first-order chi connectivity index (χ1) is 9.35. The van der Waals surface area contributed by atoms with E-state index in [4.69, 9.17) is 9.15 Å². The second-order valence-corrected chi connectivity index (χ2v) is 5.20. The minimum absolute atomic E-state index is 0.400. The Kier molecular flexibility index (Phi) is 3.43. The number of ether oxygens (including phenoxy) is 1. The molecule has 0 amide bonds. The Morgan fingerprint density at radius 3 is 3.05 bits per heavy atom. The summed E-state index contributed by atoms with van der Waals surface area (Å²) < 4.78 is 10.6. The summed E-state index contributed by atoms with van der Waals surface area (Å²) in [6, 6.07) is 5.53. The Balaban J connectivity index is 1.80. The van der Waals surface area contributed by atoms with E-state index in [-0.39, 0.29) is 0 Å². The number of hydrogen-bond donors (Lipinski definition) is 0. The van der Waals surface area contributed by atoms with Gasteiger partial charge in [-0.1, -0.05) is 6.07 Å². The van der Waals surface area contributed by atoms with Crippen LogP contribution in [0.15, 0.2) is 44.6 Å². The largest absolute Gasteiger partial charge is 0.481 e. The second-order valence-electron chi connectivity index (χ2n) is 3.33. The van der Waals surface area contributed by atoms with Gasteiger partial charge in [0.2, 0.25) is 5.88 Å². The van der Waals surface area contributed by atoms with Gasteiger partial charge in [-0.3, -0.25) is 0 Å². The molecule has 0 saturated carbocycles. The third-order valence-corrected chi connectivity index (χ3v) is 3.71. The standard InChI is InChI=1S/C11H8N4O2S2/c1-16-8-4-5-12-10(13-8)19-11-15-14-9(17-11)7-3-2-6-18-7/h2-6H,1H3. The number of aromatic nitrogens is 4. The van der Waals surface area contributed by atoms with Gasteiger partial charge in [0.05, 0.1) is 12.0 Å². The normalized spacial score (nSPS) is 10.6. The van der Waals surface area contributed by atoms with Crippen molar-refractivity contribution < 1.29 is 9.15 Å². The third-order valence-electron chi connectivity index (χ3n) is 2.13. The molecule has 0 radical (unpaired) electrons. The fourth-order valence-electron chi connectivity index (χ4n) is 1.32. The number of nitrogens with zero attached hydrogens (tertiary/aromatic N) is 4. The molecular weight excluding hydrogens is 284 g/mol. The van der Waals surface area contributed by atoms with Gasteiger partial charge >= 0.3 is 0 Å². The summed E-state index contributed by atoms with van der Waals surface area (Å²) in [7, 11) is 1.55. The maximum Gasteiger partial charge on any atom is 0.284 e. The highest BCUT2D eigenvalue weighted by Gasteiger charge is 2.12. The van der Waals surface area contributed by atoms with Crippen molar-refractivity contribution in [3.63, 3.8) is 0 Å². The van der Waals surface area contributed by atoms with Gasteiger partial charge in [0.15, 0.2) is 5.16 Å². The van der Waals surface area contributed by atoms with Crippen molar-refractivity contribution in [3.05, 3.63) is 29.8 Å². The van der Waals surface area contributed by atoms with E-state index in [1.807, 2.05) is 17.5 Å². The van der Waals surface area contributed by atoms with Crippen LogP contribution < -0.4 is 4.74 Å². The molecule has 6 nitrogen and oxygen atoms in total. The van der Waals surface area contributed by atoms with Crippen LogP contribution in [0.1, 0.15) is 0 Å². The average molecular weight is 292 g/mol. The minimum atomic E-state index is 0.400. The van der Waals surface area contributed by atoms with Crippen molar-refractivity contribution >= 4 is 23.1 Å². The summed E-state index contributed by atoms with van der Waals surface area (Å²) in [6.07, 6.45) is 1.62. The molecule has 0 N–H and O–H groups in total. The fraction of sp³-hybridized carbons (Fsp3) is 0.0909. The summed E-state index contributed by atoms with van der Waals surface area (Å²) in [5, 5.41) is 10.8. The zero-order chi connectivity index (χ0) is 13.1. The van der Waals surface area contributed by atoms with Crippen molar-refractivity contribution in [2.45, 2.75) is 10.4 Å². The van der Waals surface area contributed by atoms with E-state index in [9.17, 15) is 0 Å². The number of thiophene rings is 1. The molecule has 96 valence electrons. The van der Waals surface area contributed by atoms with Gasteiger partial charge < -0.3 is 9.15 Å². The molecule has 3 aromatic heterocycles. The molecule has 0 aliphatic carbocycles. The molecule has 3 aromatic rings. The van der Waals surface area contributed by atoms with Crippen LogP contribution in [-0.4, -0.2) is 27.3 Å². The number of hydrogen-bond acceptors (Lipinski definition) is 8.